The zero-order valence-corrected chi connectivity index (χ0v) is 9.75. The predicted molar refractivity (Wildman–Crippen MR) is 62.8 cm³/mol. The average Bonchev–Trinajstić information content (AvgIpc) is 3.06. The lowest BCUT2D eigenvalue weighted by atomic mass is 10.4. The van der Waals surface area contributed by atoms with Gasteiger partial charge in [0.2, 0.25) is 5.91 Å². The molecule has 1 aromatic heterocycles. The normalized spacial score (nSPS) is 14.6. The molecule has 0 aliphatic heterocycles. The molecule has 92 valence electrons. The van der Waals surface area contributed by atoms with Crippen molar-refractivity contribution in [2.75, 3.05) is 6.54 Å². The Morgan fingerprint density at radius 2 is 2.47 bits per heavy atom. The number of carbonyl (C=O) groups is 1. The Balaban J connectivity index is 1.96. The van der Waals surface area contributed by atoms with E-state index in [0.29, 0.717) is 24.8 Å². The van der Waals surface area contributed by atoms with Gasteiger partial charge in [-0.3, -0.25) is 4.79 Å². The molecule has 6 nitrogen and oxygen atoms in total. The Labute approximate surface area is 100 Å². The summed E-state index contributed by atoms with van der Waals surface area (Å²) in [5.74, 6) is 0.0564. The number of aromatic nitrogens is 3. The van der Waals surface area contributed by atoms with E-state index in [1.165, 1.54) is 4.68 Å². The van der Waals surface area contributed by atoms with Crippen molar-refractivity contribution in [1.82, 2.24) is 19.9 Å². The molecule has 0 unspecified atom stereocenters. The van der Waals surface area contributed by atoms with Crippen LogP contribution in [-0.4, -0.2) is 38.4 Å². The molecule has 0 bridgehead atoms. The maximum Gasteiger partial charge on any atom is 0.244 e. The quantitative estimate of drug-likeness (QED) is 0.699. The van der Waals surface area contributed by atoms with Crippen molar-refractivity contribution in [3.8, 4) is 0 Å². The summed E-state index contributed by atoms with van der Waals surface area (Å²) in [4.78, 5) is 13.9. The van der Waals surface area contributed by atoms with Crippen molar-refractivity contribution in [2.45, 2.75) is 32.0 Å². The molecule has 1 aromatic rings. The lowest BCUT2D eigenvalue weighted by Crippen LogP contribution is -2.35. The predicted octanol–water partition coefficient (Wildman–Crippen LogP) is -0.0862. The average molecular weight is 235 g/mol. The van der Waals surface area contributed by atoms with Gasteiger partial charge in [-0.05, 0) is 12.8 Å². The molecule has 1 aliphatic carbocycles. The molecule has 1 amide bonds. The zero-order chi connectivity index (χ0) is 12.3. The van der Waals surface area contributed by atoms with Crippen LogP contribution in [0.15, 0.2) is 18.9 Å². The van der Waals surface area contributed by atoms with Crippen LogP contribution in [0.4, 0.5) is 0 Å². The van der Waals surface area contributed by atoms with Crippen LogP contribution >= 0.6 is 0 Å². The second-order valence-electron chi connectivity index (χ2n) is 4.18. The molecule has 0 atom stereocenters. The van der Waals surface area contributed by atoms with Gasteiger partial charge in [-0.25, -0.2) is 4.68 Å². The smallest absolute Gasteiger partial charge is 0.244 e. The Morgan fingerprint density at radius 1 is 1.71 bits per heavy atom. The number of carbonyl (C=O) groups excluding carboxylic acids is 1. The Kier molecular flexibility index (Phi) is 3.53. The van der Waals surface area contributed by atoms with Gasteiger partial charge in [0.15, 0.2) is 0 Å². The number of amides is 1. The van der Waals surface area contributed by atoms with Gasteiger partial charge in [-0.2, -0.15) is 0 Å². The van der Waals surface area contributed by atoms with Crippen molar-refractivity contribution < 1.29 is 4.79 Å². The van der Waals surface area contributed by atoms with Gasteiger partial charge in [-0.15, -0.1) is 11.7 Å². The van der Waals surface area contributed by atoms with Crippen LogP contribution in [0.3, 0.4) is 0 Å². The van der Waals surface area contributed by atoms with Crippen molar-refractivity contribution >= 4 is 5.91 Å². The van der Waals surface area contributed by atoms with Crippen molar-refractivity contribution in [3.05, 3.63) is 24.5 Å². The number of rotatable bonds is 6. The SMILES string of the molecule is C=CCN(C(=O)Cn1cc(CN)nn1)C1CC1. The van der Waals surface area contributed by atoms with Gasteiger partial charge < -0.3 is 10.6 Å². The largest absolute Gasteiger partial charge is 0.334 e. The molecule has 1 saturated carbocycles. The standard InChI is InChI=1S/C11H17N5O/c1-2-5-16(10-3-4-10)11(17)8-15-7-9(6-12)13-14-15/h2,7,10H,1,3-6,8,12H2. The summed E-state index contributed by atoms with van der Waals surface area (Å²) in [5.41, 5.74) is 6.13. The maximum atomic E-state index is 12.0. The molecule has 1 heterocycles. The van der Waals surface area contributed by atoms with Crippen molar-refractivity contribution in [3.63, 3.8) is 0 Å². The minimum Gasteiger partial charge on any atom is -0.334 e. The number of nitrogens with two attached hydrogens (primary N) is 1. The van der Waals surface area contributed by atoms with Crippen LogP contribution in [0.25, 0.3) is 0 Å². The molecule has 2 rings (SSSR count). The third kappa shape index (κ3) is 2.91. The molecular weight excluding hydrogens is 218 g/mol. The molecule has 0 spiro atoms. The highest BCUT2D eigenvalue weighted by Crippen LogP contribution is 2.26. The van der Waals surface area contributed by atoms with E-state index < -0.39 is 0 Å². The monoisotopic (exact) mass is 235 g/mol. The number of hydrogen-bond acceptors (Lipinski definition) is 4. The Bertz CT molecular complexity index is 410. The lowest BCUT2D eigenvalue weighted by Gasteiger charge is -2.20. The molecule has 2 N–H and O–H groups in total. The third-order valence-corrected chi connectivity index (χ3v) is 2.73. The Hall–Kier alpha value is -1.69. The van der Waals surface area contributed by atoms with E-state index in [2.05, 4.69) is 16.9 Å². The third-order valence-electron chi connectivity index (χ3n) is 2.73. The summed E-state index contributed by atoms with van der Waals surface area (Å²) < 4.78 is 1.53. The van der Waals surface area contributed by atoms with Gasteiger partial charge >= 0.3 is 0 Å². The van der Waals surface area contributed by atoms with Crippen LogP contribution in [0, 0.1) is 0 Å². The summed E-state index contributed by atoms with van der Waals surface area (Å²) in [7, 11) is 0. The first-order chi connectivity index (χ1) is 8.24. The summed E-state index contributed by atoms with van der Waals surface area (Å²) in [6.07, 6.45) is 5.63. The summed E-state index contributed by atoms with van der Waals surface area (Å²) in [6.45, 7) is 4.83. The molecule has 6 heteroatoms. The van der Waals surface area contributed by atoms with E-state index in [0.717, 1.165) is 12.8 Å². The summed E-state index contributed by atoms with van der Waals surface area (Å²) in [5, 5.41) is 7.71. The van der Waals surface area contributed by atoms with E-state index in [9.17, 15) is 4.79 Å². The van der Waals surface area contributed by atoms with Gasteiger partial charge in [0.25, 0.3) is 0 Å². The highest BCUT2D eigenvalue weighted by molar-refractivity contribution is 5.76. The first-order valence-corrected chi connectivity index (χ1v) is 5.74. The number of hydrogen-bond donors (Lipinski definition) is 1. The van der Waals surface area contributed by atoms with Gasteiger partial charge in [0, 0.05) is 19.1 Å². The molecule has 1 fully saturated rings. The van der Waals surface area contributed by atoms with Gasteiger partial charge in [0.1, 0.15) is 6.54 Å². The van der Waals surface area contributed by atoms with E-state index in [-0.39, 0.29) is 12.5 Å². The fourth-order valence-corrected chi connectivity index (χ4v) is 1.72. The van der Waals surface area contributed by atoms with Crippen molar-refractivity contribution in [1.29, 1.82) is 0 Å². The fourth-order valence-electron chi connectivity index (χ4n) is 1.72. The van der Waals surface area contributed by atoms with Crippen LogP contribution in [0.1, 0.15) is 18.5 Å². The fraction of sp³-hybridized carbons (Fsp3) is 0.545. The van der Waals surface area contributed by atoms with Crippen LogP contribution in [-0.2, 0) is 17.9 Å². The summed E-state index contributed by atoms with van der Waals surface area (Å²) in [6, 6.07) is 0.387. The van der Waals surface area contributed by atoms with Crippen LogP contribution < -0.4 is 5.73 Å². The molecule has 1 aliphatic rings. The van der Waals surface area contributed by atoms with E-state index >= 15 is 0 Å². The highest BCUT2D eigenvalue weighted by atomic mass is 16.2. The minimum absolute atomic E-state index is 0.0564. The maximum absolute atomic E-state index is 12.0. The lowest BCUT2D eigenvalue weighted by molar-refractivity contribution is -0.132. The topological polar surface area (TPSA) is 77.0 Å². The summed E-state index contributed by atoms with van der Waals surface area (Å²) >= 11 is 0. The van der Waals surface area contributed by atoms with Crippen molar-refractivity contribution in [2.24, 2.45) is 5.73 Å². The zero-order valence-electron chi connectivity index (χ0n) is 9.75. The van der Waals surface area contributed by atoms with Gasteiger partial charge in [0.05, 0.1) is 11.9 Å². The second kappa shape index (κ2) is 5.09. The number of nitrogens with zero attached hydrogens (tertiary/aromatic N) is 4. The second-order valence-corrected chi connectivity index (χ2v) is 4.18. The van der Waals surface area contributed by atoms with Gasteiger partial charge in [-0.1, -0.05) is 11.3 Å². The molecule has 0 saturated heterocycles. The first-order valence-electron chi connectivity index (χ1n) is 5.74. The van der Waals surface area contributed by atoms with E-state index in [4.69, 9.17) is 5.73 Å². The minimum atomic E-state index is 0.0564. The molecular formula is C11H17N5O. The van der Waals surface area contributed by atoms with Crippen LogP contribution in [0.2, 0.25) is 0 Å². The Morgan fingerprint density at radius 3 is 3.00 bits per heavy atom. The first kappa shape index (κ1) is 11.8. The van der Waals surface area contributed by atoms with Crippen LogP contribution in [0.5, 0.6) is 0 Å². The van der Waals surface area contributed by atoms with E-state index in [1.54, 1.807) is 12.3 Å². The molecule has 17 heavy (non-hydrogen) atoms. The highest BCUT2D eigenvalue weighted by Gasteiger charge is 2.31. The molecule has 0 radical (unpaired) electrons. The molecule has 0 aromatic carbocycles. The van der Waals surface area contributed by atoms with E-state index in [1.807, 2.05) is 4.90 Å².